The molecule has 0 radical (unpaired) electrons. The molecule has 2 aromatic rings. The average molecular weight is 259 g/mol. The summed E-state index contributed by atoms with van der Waals surface area (Å²) in [6, 6.07) is 16.4. The van der Waals surface area contributed by atoms with E-state index in [0.717, 1.165) is 5.30 Å². The first-order valence-electron chi connectivity index (χ1n) is 5.58. The van der Waals surface area contributed by atoms with Gasteiger partial charge in [-0.05, 0) is 16.2 Å². The van der Waals surface area contributed by atoms with E-state index >= 15 is 0 Å². The Bertz CT molecular complexity index is 543. The summed E-state index contributed by atoms with van der Waals surface area (Å²) in [5.41, 5.74) is 6.38. The molecule has 3 nitrogen and oxygen atoms in total. The maximum Gasteiger partial charge on any atom is 0.325 e. The van der Waals surface area contributed by atoms with Crippen molar-refractivity contribution < 1.29 is 9.90 Å². The zero-order chi connectivity index (χ0) is 13.0. The molecule has 0 aliphatic rings. The van der Waals surface area contributed by atoms with E-state index in [0.29, 0.717) is 14.1 Å². The molecule has 18 heavy (non-hydrogen) atoms. The lowest BCUT2D eigenvalue weighted by atomic mass is 10.1. The van der Waals surface area contributed by atoms with Gasteiger partial charge >= 0.3 is 5.97 Å². The van der Waals surface area contributed by atoms with Crippen LogP contribution in [0.25, 0.3) is 0 Å². The first-order chi connectivity index (χ1) is 8.68. The highest BCUT2D eigenvalue weighted by Crippen LogP contribution is 2.17. The number of hydrogen-bond donors (Lipinski definition) is 2. The van der Waals surface area contributed by atoms with E-state index in [4.69, 9.17) is 10.8 Å². The smallest absolute Gasteiger partial charge is 0.325 e. The van der Waals surface area contributed by atoms with E-state index in [-0.39, 0.29) is 0 Å². The van der Waals surface area contributed by atoms with E-state index in [2.05, 4.69) is 0 Å². The third-order valence-corrected chi connectivity index (χ3v) is 3.96. The standard InChI is InChI=1S/C14H14NO2P/c15-13(14(16)17)11-8-4-5-9-12(11)18-10-6-2-1-3-7-10/h1-9,13,18H,15H2,(H,16,17). The third-order valence-electron chi connectivity index (χ3n) is 2.61. The highest BCUT2D eigenvalue weighted by Gasteiger charge is 2.17. The summed E-state index contributed by atoms with van der Waals surface area (Å²) in [6.45, 7) is 0. The molecule has 0 saturated carbocycles. The van der Waals surface area contributed by atoms with Crippen molar-refractivity contribution in [1.82, 2.24) is 0 Å². The van der Waals surface area contributed by atoms with E-state index in [1.165, 1.54) is 5.30 Å². The SMILES string of the molecule is NC(C(=O)O)c1ccccc1Pc1ccccc1. The van der Waals surface area contributed by atoms with Crippen LogP contribution >= 0.6 is 8.58 Å². The quantitative estimate of drug-likeness (QED) is 0.816. The summed E-state index contributed by atoms with van der Waals surface area (Å²) in [6.07, 6.45) is 0. The summed E-state index contributed by atoms with van der Waals surface area (Å²) < 4.78 is 0. The maximum absolute atomic E-state index is 11.0. The fourth-order valence-electron chi connectivity index (χ4n) is 1.69. The van der Waals surface area contributed by atoms with Crippen molar-refractivity contribution in [1.29, 1.82) is 0 Å². The zero-order valence-corrected chi connectivity index (χ0v) is 10.7. The molecule has 2 unspecified atom stereocenters. The van der Waals surface area contributed by atoms with Gasteiger partial charge in [-0.15, -0.1) is 0 Å². The van der Waals surface area contributed by atoms with Crippen LogP contribution in [0.1, 0.15) is 11.6 Å². The molecule has 0 aliphatic carbocycles. The summed E-state index contributed by atoms with van der Waals surface area (Å²) in [4.78, 5) is 11.0. The molecule has 2 aromatic carbocycles. The van der Waals surface area contributed by atoms with Crippen LogP contribution in [0.2, 0.25) is 0 Å². The molecule has 92 valence electrons. The molecule has 0 saturated heterocycles. The second-order valence-electron chi connectivity index (χ2n) is 3.89. The summed E-state index contributed by atoms with van der Waals surface area (Å²) in [7, 11) is 0.418. The fourth-order valence-corrected chi connectivity index (χ4v) is 2.92. The number of carboxylic acid groups (broad SMARTS) is 1. The molecule has 4 heteroatoms. The first-order valence-corrected chi connectivity index (χ1v) is 6.58. The predicted octanol–water partition coefficient (Wildman–Crippen LogP) is 1.40. The third kappa shape index (κ3) is 2.95. The van der Waals surface area contributed by atoms with Gasteiger partial charge in [-0.25, -0.2) is 0 Å². The van der Waals surface area contributed by atoms with Crippen molar-refractivity contribution in [3.8, 4) is 0 Å². The Morgan fingerprint density at radius 2 is 1.67 bits per heavy atom. The zero-order valence-electron chi connectivity index (χ0n) is 9.71. The van der Waals surface area contributed by atoms with Crippen molar-refractivity contribution in [2.24, 2.45) is 5.73 Å². The van der Waals surface area contributed by atoms with E-state index in [1.807, 2.05) is 48.5 Å². The summed E-state index contributed by atoms with van der Waals surface area (Å²) >= 11 is 0. The van der Waals surface area contributed by atoms with Crippen LogP contribution in [0.15, 0.2) is 54.6 Å². The number of rotatable bonds is 4. The molecular formula is C14H14NO2P. The maximum atomic E-state index is 11.0. The molecular weight excluding hydrogens is 245 g/mol. The second-order valence-corrected chi connectivity index (χ2v) is 5.26. The van der Waals surface area contributed by atoms with Crippen molar-refractivity contribution in [3.05, 3.63) is 60.2 Å². The molecule has 2 atom stereocenters. The van der Waals surface area contributed by atoms with Crippen LogP contribution in [-0.2, 0) is 4.79 Å². The lowest BCUT2D eigenvalue weighted by Crippen LogP contribution is -2.25. The topological polar surface area (TPSA) is 63.3 Å². The number of hydrogen-bond acceptors (Lipinski definition) is 2. The highest BCUT2D eigenvalue weighted by molar-refractivity contribution is 7.55. The van der Waals surface area contributed by atoms with Crippen molar-refractivity contribution in [2.75, 3.05) is 0 Å². The number of benzene rings is 2. The fraction of sp³-hybridized carbons (Fsp3) is 0.0714. The van der Waals surface area contributed by atoms with Gasteiger partial charge in [-0.1, -0.05) is 63.2 Å². The molecule has 3 N–H and O–H groups in total. The summed E-state index contributed by atoms with van der Waals surface area (Å²) in [5, 5.41) is 11.2. The minimum absolute atomic E-state index is 0.418. The van der Waals surface area contributed by atoms with Gasteiger partial charge in [0.15, 0.2) is 0 Å². The molecule has 0 spiro atoms. The first kappa shape index (κ1) is 12.7. The van der Waals surface area contributed by atoms with Crippen LogP contribution in [0.4, 0.5) is 0 Å². The Labute approximate surface area is 107 Å². The van der Waals surface area contributed by atoms with Gasteiger partial charge in [0.2, 0.25) is 0 Å². The molecule has 0 aromatic heterocycles. The van der Waals surface area contributed by atoms with Gasteiger partial charge in [0, 0.05) is 0 Å². The van der Waals surface area contributed by atoms with Crippen LogP contribution < -0.4 is 16.3 Å². The molecule has 0 amide bonds. The Hall–Kier alpha value is -1.70. The van der Waals surface area contributed by atoms with Gasteiger partial charge in [-0.2, -0.15) is 0 Å². The van der Waals surface area contributed by atoms with E-state index in [1.54, 1.807) is 6.07 Å². The molecule has 0 heterocycles. The molecule has 0 bridgehead atoms. The summed E-state index contributed by atoms with van der Waals surface area (Å²) in [5.74, 6) is -1.000. The highest BCUT2D eigenvalue weighted by atomic mass is 31.1. The minimum Gasteiger partial charge on any atom is -0.480 e. The lowest BCUT2D eigenvalue weighted by molar-refractivity contribution is -0.138. The monoisotopic (exact) mass is 259 g/mol. The van der Waals surface area contributed by atoms with Gasteiger partial charge in [-0.3, -0.25) is 4.79 Å². The Morgan fingerprint density at radius 1 is 1.06 bits per heavy atom. The van der Waals surface area contributed by atoms with Gasteiger partial charge in [0.05, 0.1) is 0 Å². The van der Waals surface area contributed by atoms with Gasteiger partial charge in [0.25, 0.3) is 0 Å². The number of nitrogens with two attached hydrogens (primary N) is 1. The Balaban J connectivity index is 2.31. The Morgan fingerprint density at radius 3 is 2.33 bits per heavy atom. The van der Waals surface area contributed by atoms with E-state index in [9.17, 15) is 4.79 Å². The predicted molar refractivity (Wildman–Crippen MR) is 75.0 cm³/mol. The normalized spacial score (nSPS) is 12.7. The van der Waals surface area contributed by atoms with Gasteiger partial charge in [0.1, 0.15) is 6.04 Å². The van der Waals surface area contributed by atoms with Crippen LogP contribution in [0.5, 0.6) is 0 Å². The van der Waals surface area contributed by atoms with Gasteiger partial charge < -0.3 is 10.8 Å². The second kappa shape index (κ2) is 5.76. The van der Waals surface area contributed by atoms with E-state index < -0.39 is 12.0 Å². The average Bonchev–Trinajstić information content (AvgIpc) is 2.39. The van der Waals surface area contributed by atoms with Crippen molar-refractivity contribution in [3.63, 3.8) is 0 Å². The Kier molecular flexibility index (Phi) is 4.08. The van der Waals surface area contributed by atoms with Crippen LogP contribution in [-0.4, -0.2) is 11.1 Å². The largest absolute Gasteiger partial charge is 0.480 e. The lowest BCUT2D eigenvalue weighted by Gasteiger charge is -2.12. The number of carboxylic acids is 1. The van der Waals surface area contributed by atoms with Crippen molar-refractivity contribution >= 4 is 25.2 Å². The molecule has 2 rings (SSSR count). The number of aliphatic carboxylic acids is 1. The molecule has 0 fully saturated rings. The van der Waals surface area contributed by atoms with Crippen LogP contribution in [0, 0.1) is 0 Å². The molecule has 0 aliphatic heterocycles. The van der Waals surface area contributed by atoms with Crippen LogP contribution in [0.3, 0.4) is 0 Å². The minimum atomic E-state index is -1.000. The van der Waals surface area contributed by atoms with Crippen molar-refractivity contribution in [2.45, 2.75) is 6.04 Å². The number of carbonyl (C=O) groups is 1.